The fourth-order valence-corrected chi connectivity index (χ4v) is 3.50. The van der Waals surface area contributed by atoms with Crippen LogP contribution >= 0.6 is 0 Å². The lowest BCUT2D eigenvalue weighted by Gasteiger charge is -2.41. The van der Waals surface area contributed by atoms with E-state index in [9.17, 15) is 0 Å². The van der Waals surface area contributed by atoms with Gasteiger partial charge in [-0.1, -0.05) is 31.8 Å². The minimum Gasteiger partial charge on any atom is -0.321 e. The molecule has 0 amide bonds. The molecule has 2 nitrogen and oxygen atoms in total. The van der Waals surface area contributed by atoms with Gasteiger partial charge in [-0.05, 0) is 6.92 Å². The van der Waals surface area contributed by atoms with Gasteiger partial charge in [-0.25, -0.2) is 0 Å². The summed E-state index contributed by atoms with van der Waals surface area (Å²) in [7, 11) is -1.04. The molecule has 0 aliphatic carbocycles. The third-order valence-electron chi connectivity index (χ3n) is 2.81. The second-order valence-corrected chi connectivity index (χ2v) is 10.4. The normalized spacial score (nSPS) is 21.1. The molecule has 82 valence electrons. The quantitative estimate of drug-likeness (QED) is 0.522. The van der Waals surface area contributed by atoms with Crippen LogP contribution in [0.3, 0.4) is 0 Å². The summed E-state index contributed by atoms with van der Waals surface area (Å²) in [5, 5.41) is 0. The Kier molecular flexibility index (Phi) is 3.92. The van der Waals surface area contributed by atoms with Crippen LogP contribution in [0, 0.1) is 0 Å². The molecule has 14 heavy (non-hydrogen) atoms. The summed E-state index contributed by atoms with van der Waals surface area (Å²) in [6.45, 7) is 19.4. The van der Waals surface area contributed by atoms with Crippen LogP contribution in [0.4, 0.5) is 0 Å². The van der Waals surface area contributed by atoms with E-state index in [-0.39, 0.29) is 0 Å². The van der Waals surface area contributed by atoms with Crippen molar-refractivity contribution in [1.29, 1.82) is 0 Å². The Hall–Kier alpha value is -0.123. The van der Waals surface area contributed by atoms with Crippen molar-refractivity contribution in [3.8, 4) is 0 Å². The second-order valence-electron chi connectivity index (χ2n) is 5.39. The summed E-state index contributed by atoms with van der Waals surface area (Å²) >= 11 is 0. The van der Waals surface area contributed by atoms with Crippen molar-refractivity contribution in [2.75, 3.05) is 32.7 Å². The third-order valence-corrected chi connectivity index (χ3v) is 5.16. The molecule has 0 spiro atoms. The van der Waals surface area contributed by atoms with E-state index in [2.05, 4.69) is 42.6 Å². The topological polar surface area (TPSA) is 6.48 Å². The average molecular weight is 212 g/mol. The molecule has 0 aromatic carbocycles. The molecule has 1 aliphatic heterocycles. The maximum atomic E-state index is 3.97. The molecule has 0 unspecified atom stereocenters. The van der Waals surface area contributed by atoms with Crippen LogP contribution in [0.5, 0.6) is 0 Å². The minimum absolute atomic E-state index is 1.04. The van der Waals surface area contributed by atoms with Gasteiger partial charge >= 0.3 is 0 Å². The summed E-state index contributed by atoms with van der Waals surface area (Å²) in [6.07, 6.45) is 0. The van der Waals surface area contributed by atoms with E-state index in [0.29, 0.717) is 0 Å². The van der Waals surface area contributed by atoms with Crippen LogP contribution in [-0.2, 0) is 0 Å². The average Bonchev–Trinajstić information content (AvgIpc) is 2.02. The first-order valence-corrected chi connectivity index (χ1v) is 8.96. The predicted molar refractivity (Wildman–Crippen MR) is 66.2 cm³/mol. The molecule has 0 N–H and O–H groups in total. The maximum Gasteiger partial charge on any atom is 0.119 e. The van der Waals surface area contributed by atoms with Gasteiger partial charge in [-0.3, -0.25) is 4.90 Å². The van der Waals surface area contributed by atoms with Crippen molar-refractivity contribution in [2.45, 2.75) is 26.6 Å². The number of rotatable bonds is 3. The zero-order valence-corrected chi connectivity index (χ0v) is 11.1. The summed E-state index contributed by atoms with van der Waals surface area (Å²) in [6, 6.07) is 0. The van der Waals surface area contributed by atoms with Crippen LogP contribution in [0.2, 0.25) is 19.6 Å². The van der Waals surface area contributed by atoms with E-state index in [1.807, 2.05) is 0 Å². The van der Waals surface area contributed by atoms with E-state index < -0.39 is 8.24 Å². The lowest BCUT2D eigenvalue weighted by molar-refractivity contribution is 0.196. The number of hydrogen-bond donors (Lipinski definition) is 0. The molecule has 0 saturated carbocycles. The van der Waals surface area contributed by atoms with Gasteiger partial charge in [0.25, 0.3) is 0 Å². The Morgan fingerprint density at radius 3 is 2.00 bits per heavy atom. The monoisotopic (exact) mass is 212 g/mol. The van der Waals surface area contributed by atoms with Gasteiger partial charge < -0.3 is 4.57 Å². The lowest BCUT2D eigenvalue weighted by Crippen LogP contribution is -2.56. The first-order chi connectivity index (χ1) is 6.39. The Morgan fingerprint density at radius 1 is 1.14 bits per heavy atom. The first kappa shape index (κ1) is 11.9. The molecular weight excluding hydrogens is 188 g/mol. The minimum atomic E-state index is -1.04. The SMILES string of the molecule is C=C(C)CN1CCN([Si](C)(C)C)CC1. The zero-order valence-electron chi connectivity index (χ0n) is 10.1. The highest BCUT2D eigenvalue weighted by Crippen LogP contribution is 2.13. The number of piperazine rings is 1. The van der Waals surface area contributed by atoms with Crippen molar-refractivity contribution < 1.29 is 0 Å². The molecule has 1 saturated heterocycles. The van der Waals surface area contributed by atoms with E-state index >= 15 is 0 Å². The van der Waals surface area contributed by atoms with Gasteiger partial charge in [0.15, 0.2) is 0 Å². The van der Waals surface area contributed by atoms with Gasteiger partial charge in [0, 0.05) is 32.7 Å². The molecule has 0 bridgehead atoms. The fraction of sp³-hybridized carbons (Fsp3) is 0.818. The Balaban J connectivity index is 2.35. The molecule has 0 radical (unpaired) electrons. The van der Waals surface area contributed by atoms with Crippen LogP contribution in [0.15, 0.2) is 12.2 Å². The third kappa shape index (κ3) is 3.56. The molecule has 1 rings (SSSR count). The highest BCUT2D eigenvalue weighted by Gasteiger charge is 2.27. The van der Waals surface area contributed by atoms with Gasteiger partial charge in [-0.15, -0.1) is 0 Å². The first-order valence-electron chi connectivity index (χ1n) is 5.51. The van der Waals surface area contributed by atoms with Gasteiger partial charge in [0.05, 0.1) is 0 Å². The maximum absolute atomic E-state index is 3.97. The molecule has 1 heterocycles. The standard InChI is InChI=1S/C11H24N2Si/c1-11(2)10-12-6-8-13(9-7-12)14(3,4)5/h1,6-10H2,2-5H3. The molecule has 0 aromatic heterocycles. The van der Waals surface area contributed by atoms with Crippen molar-refractivity contribution in [1.82, 2.24) is 9.47 Å². The summed E-state index contributed by atoms with van der Waals surface area (Å²) < 4.78 is 2.70. The number of nitrogens with zero attached hydrogens (tertiary/aromatic N) is 2. The van der Waals surface area contributed by atoms with Crippen molar-refractivity contribution in [2.24, 2.45) is 0 Å². The fourth-order valence-electron chi connectivity index (χ4n) is 1.96. The number of hydrogen-bond acceptors (Lipinski definition) is 2. The molecular formula is C11H24N2Si. The van der Waals surface area contributed by atoms with E-state index in [1.165, 1.54) is 31.8 Å². The van der Waals surface area contributed by atoms with Crippen LogP contribution < -0.4 is 0 Å². The van der Waals surface area contributed by atoms with Gasteiger partial charge in [0.1, 0.15) is 8.24 Å². The second kappa shape index (κ2) is 4.60. The molecule has 0 atom stereocenters. The summed E-state index contributed by atoms with van der Waals surface area (Å²) in [5.41, 5.74) is 1.28. The molecule has 3 heteroatoms. The van der Waals surface area contributed by atoms with Crippen LogP contribution in [-0.4, -0.2) is 50.4 Å². The van der Waals surface area contributed by atoms with E-state index in [1.54, 1.807) is 0 Å². The highest BCUT2D eigenvalue weighted by molar-refractivity contribution is 6.73. The predicted octanol–water partition coefficient (Wildman–Crippen LogP) is 2.02. The van der Waals surface area contributed by atoms with Crippen molar-refractivity contribution >= 4 is 8.24 Å². The van der Waals surface area contributed by atoms with Crippen LogP contribution in [0.1, 0.15) is 6.92 Å². The van der Waals surface area contributed by atoms with E-state index in [4.69, 9.17) is 0 Å². The largest absolute Gasteiger partial charge is 0.321 e. The Labute approximate surface area is 89.7 Å². The van der Waals surface area contributed by atoms with Crippen molar-refractivity contribution in [3.63, 3.8) is 0 Å². The molecule has 1 aliphatic rings. The van der Waals surface area contributed by atoms with Gasteiger partial charge in [-0.2, -0.15) is 0 Å². The van der Waals surface area contributed by atoms with E-state index in [0.717, 1.165) is 6.54 Å². The van der Waals surface area contributed by atoms with Crippen LogP contribution in [0.25, 0.3) is 0 Å². The van der Waals surface area contributed by atoms with Gasteiger partial charge in [0.2, 0.25) is 0 Å². The summed E-state index contributed by atoms with van der Waals surface area (Å²) in [5.74, 6) is 0. The highest BCUT2D eigenvalue weighted by atomic mass is 28.3. The Morgan fingerprint density at radius 2 is 1.64 bits per heavy atom. The zero-order chi connectivity index (χ0) is 10.8. The smallest absolute Gasteiger partial charge is 0.119 e. The van der Waals surface area contributed by atoms with Crippen molar-refractivity contribution in [3.05, 3.63) is 12.2 Å². The lowest BCUT2D eigenvalue weighted by atomic mass is 10.3. The summed E-state index contributed by atoms with van der Waals surface area (Å²) in [4.78, 5) is 2.51. The Bertz CT molecular complexity index is 200. The molecule has 1 fully saturated rings. The molecule has 0 aromatic rings.